The molecule has 1 heterocycles. The van der Waals surface area contributed by atoms with Gasteiger partial charge in [-0.1, -0.05) is 35.5 Å². The fraction of sp³-hybridized carbons (Fsp3) is 0.348. The summed E-state index contributed by atoms with van der Waals surface area (Å²) in [6.07, 6.45) is 0.838. The maximum absolute atomic E-state index is 13.2. The Labute approximate surface area is 195 Å². The first kappa shape index (κ1) is 24.1. The van der Waals surface area contributed by atoms with E-state index in [-0.39, 0.29) is 18.3 Å². The Hall–Kier alpha value is -2.55. The van der Waals surface area contributed by atoms with E-state index in [0.29, 0.717) is 52.2 Å². The Balaban J connectivity index is 1.83. The number of rotatable bonds is 11. The zero-order chi connectivity index (χ0) is 23.1. The minimum Gasteiger partial charge on any atom is -0.484 e. The monoisotopic (exact) mass is 475 g/mol. The molecule has 0 aliphatic rings. The fourth-order valence-corrected chi connectivity index (χ4v) is 4.18. The van der Waals surface area contributed by atoms with Crippen molar-refractivity contribution in [2.75, 3.05) is 13.2 Å². The number of halogens is 1. The minimum atomic E-state index is -0.533. The van der Waals surface area contributed by atoms with Crippen LogP contribution in [0, 0.1) is 0 Å². The Morgan fingerprint density at radius 1 is 1.25 bits per heavy atom. The predicted octanol–water partition coefficient (Wildman–Crippen LogP) is 4.02. The molecule has 0 spiro atoms. The number of amides is 1. The highest BCUT2D eigenvalue weighted by molar-refractivity contribution is 7.98. The van der Waals surface area contributed by atoms with Crippen LogP contribution in [0.2, 0.25) is 5.02 Å². The molecule has 9 heteroatoms. The van der Waals surface area contributed by atoms with Crippen molar-refractivity contribution < 1.29 is 14.3 Å². The van der Waals surface area contributed by atoms with Crippen molar-refractivity contribution in [3.05, 3.63) is 63.4 Å². The first-order valence-electron chi connectivity index (χ1n) is 10.3. The molecule has 3 aromatic rings. The third-order valence-corrected chi connectivity index (χ3v) is 5.79. The number of ether oxygens (including phenoxy) is 2. The summed E-state index contributed by atoms with van der Waals surface area (Å²) >= 11 is 7.57. The zero-order valence-electron chi connectivity index (χ0n) is 18.0. The molecule has 0 saturated heterocycles. The fourth-order valence-electron chi connectivity index (χ4n) is 3.05. The van der Waals surface area contributed by atoms with Crippen LogP contribution in [0.1, 0.15) is 25.8 Å². The summed E-state index contributed by atoms with van der Waals surface area (Å²) < 4.78 is 12.7. The molecule has 0 atom stereocenters. The van der Waals surface area contributed by atoms with Gasteiger partial charge < -0.3 is 15.2 Å². The maximum Gasteiger partial charge on any atom is 0.262 e. The first-order chi connectivity index (χ1) is 15.3. The molecule has 2 N–H and O–H groups in total. The van der Waals surface area contributed by atoms with Crippen LogP contribution in [-0.2, 0) is 21.8 Å². The SMILES string of the molecule is CC(C)OCCCn1c(SCc2cccc(OCC(N)=O)c2)nc2cc(Cl)ccc2c1=O. The van der Waals surface area contributed by atoms with Gasteiger partial charge in [0.25, 0.3) is 11.5 Å². The molecule has 3 rings (SSSR count). The maximum atomic E-state index is 13.2. The van der Waals surface area contributed by atoms with Crippen LogP contribution >= 0.6 is 23.4 Å². The number of carbonyl (C=O) groups is 1. The number of aromatic nitrogens is 2. The standard InChI is InChI=1S/C23H26ClN3O4S/c1-15(2)30-10-4-9-27-22(29)19-8-7-17(24)12-20(19)26-23(27)32-14-16-5-3-6-18(11-16)31-13-21(25)28/h3,5-8,11-12,15H,4,9-10,13-14H2,1-2H3,(H2,25,28). The van der Waals surface area contributed by atoms with Crippen molar-refractivity contribution >= 4 is 40.2 Å². The normalized spacial score (nSPS) is 11.2. The molecule has 7 nitrogen and oxygen atoms in total. The summed E-state index contributed by atoms with van der Waals surface area (Å²) in [6, 6.07) is 12.5. The molecule has 0 unspecified atom stereocenters. The number of fused-ring (bicyclic) bond motifs is 1. The Morgan fingerprint density at radius 3 is 2.81 bits per heavy atom. The summed E-state index contributed by atoms with van der Waals surface area (Å²) in [5.74, 6) is 0.590. The molecule has 0 radical (unpaired) electrons. The highest BCUT2D eigenvalue weighted by Gasteiger charge is 2.13. The van der Waals surface area contributed by atoms with E-state index in [4.69, 9.17) is 31.8 Å². The van der Waals surface area contributed by atoms with Gasteiger partial charge in [0.2, 0.25) is 0 Å². The van der Waals surface area contributed by atoms with Crippen LogP contribution in [-0.4, -0.2) is 34.8 Å². The van der Waals surface area contributed by atoms with Crippen LogP contribution in [0.15, 0.2) is 52.4 Å². The summed E-state index contributed by atoms with van der Waals surface area (Å²) in [6.45, 7) is 4.85. The van der Waals surface area contributed by atoms with Gasteiger partial charge in [0.1, 0.15) is 5.75 Å². The number of primary amides is 1. The van der Waals surface area contributed by atoms with Crippen LogP contribution in [0.3, 0.4) is 0 Å². The molecule has 2 aromatic carbocycles. The van der Waals surface area contributed by atoms with Crippen molar-refractivity contribution in [1.82, 2.24) is 9.55 Å². The molecule has 0 fully saturated rings. The largest absolute Gasteiger partial charge is 0.484 e. The van der Waals surface area contributed by atoms with Gasteiger partial charge >= 0.3 is 0 Å². The predicted molar refractivity (Wildman–Crippen MR) is 127 cm³/mol. The van der Waals surface area contributed by atoms with Gasteiger partial charge in [-0.3, -0.25) is 14.2 Å². The minimum absolute atomic E-state index is 0.0998. The van der Waals surface area contributed by atoms with Crippen LogP contribution in [0.5, 0.6) is 5.75 Å². The lowest BCUT2D eigenvalue weighted by Gasteiger charge is -2.14. The molecule has 0 aliphatic heterocycles. The smallest absolute Gasteiger partial charge is 0.262 e. The van der Waals surface area contributed by atoms with E-state index in [1.807, 2.05) is 32.0 Å². The molecule has 170 valence electrons. The molecule has 32 heavy (non-hydrogen) atoms. The van der Waals surface area contributed by atoms with Crippen LogP contribution in [0.25, 0.3) is 10.9 Å². The molecule has 0 aliphatic carbocycles. The molecule has 1 aromatic heterocycles. The van der Waals surface area contributed by atoms with Crippen molar-refractivity contribution in [1.29, 1.82) is 0 Å². The first-order valence-corrected chi connectivity index (χ1v) is 11.6. The summed E-state index contributed by atoms with van der Waals surface area (Å²) in [5.41, 5.74) is 6.57. The quantitative estimate of drug-likeness (QED) is 0.255. The van der Waals surface area contributed by atoms with Gasteiger partial charge in [0.05, 0.1) is 17.0 Å². The van der Waals surface area contributed by atoms with Gasteiger partial charge in [0, 0.05) is 23.9 Å². The van der Waals surface area contributed by atoms with E-state index in [0.717, 1.165) is 5.56 Å². The van der Waals surface area contributed by atoms with Crippen molar-refractivity contribution in [2.45, 2.75) is 43.8 Å². The van der Waals surface area contributed by atoms with Gasteiger partial charge in [-0.2, -0.15) is 0 Å². The lowest BCUT2D eigenvalue weighted by Crippen LogP contribution is -2.24. The summed E-state index contributed by atoms with van der Waals surface area (Å²) in [4.78, 5) is 28.8. The highest BCUT2D eigenvalue weighted by atomic mass is 35.5. The van der Waals surface area contributed by atoms with E-state index in [9.17, 15) is 9.59 Å². The van der Waals surface area contributed by atoms with Crippen molar-refractivity contribution in [3.63, 3.8) is 0 Å². The number of thioether (sulfide) groups is 1. The Kier molecular flexibility index (Phi) is 8.55. The summed E-state index contributed by atoms with van der Waals surface area (Å²) in [7, 11) is 0. The average molecular weight is 476 g/mol. The van der Waals surface area contributed by atoms with E-state index >= 15 is 0 Å². The average Bonchev–Trinajstić information content (AvgIpc) is 2.75. The van der Waals surface area contributed by atoms with Crippen LogP contribution < -0.4 is 16.0 Å². The summed E-state index contributed by atoms with van der Waals surface area (Å²) in [5, 5.41) is 1.67. The molecular weight excluding hydrogens is 450 g/mol. The number of hydrogen-bond donors (Lipinski definition) is 1. The van der Waals surface area contributed by atoms with E-state index in [1.165, 1.54) is 11.8 Å². The second kappa shape index (κ2) is 11.4. The number of hydrogen-bond acceptors (Lipinski definition) is 6. The number of carbonyl (C=O) groups excluding carboxylic acids is 1. The zero-order valence-corrected chi connectivity index (χ0v) is 19.6. The molecule has 0 bridgehead atoms. The van der Waals surface area contributed by atoms with Gasteiger partial charge in [-0.25, -0.2) is 4.98 Å². The molecular formula is C23H26ClN3O4S. The van der Waals surface area contributed by atoms with E-state index < -0.39 is 5.91 Å². The van der Waals surface area contributed by atoms with E-state index in [1.54, 1.807) is 28.8 Å². The Bertz CT molecular complexity index is 1150. The van der Waals surface area contributed by atoms with Gasteiger partial charge in [-0.15, -0.1) is 0 Å². The number of nitrogens with two attached hydrogens (primary N) is 1. The van der Waals surface area contributed by atoms with Gasteiger partial charge in [-0.05, 0) is 56.2 Å². The lowest BCUT2D eigenvalue weighted by molar-refractivity contribution is -0.119. The molecule has 1 amide bonds. The third kappa shape index (κ3) is 6.72. The Morgan fingerprint density at radius 2 is 2.06 bits per heavy atom. The number of nitrogens with zero attached hydrogens (tertiary/aromatic N) is 2. The molecule has 0 saturated carbocycles. The lowest BCUT2D eigenvalue weighted by atomic mass is 10.2. The number of benzene rings is 2. The third-order valence-electron chi connectivity index (χ3n) is 4.51. The second-order valence-corrected chi connectivity index (χ2v) is 8.86. The van der Waals surface area contributed by atoms with E-state index in [2.05, 4.69) is 0 Å². The van der Waals surface area contributed by atoms with Crippen molar-refractivity contribution in [3.8, 4) is 5.75 Å². The second-order valence-electron chi connectivity index (χ2n) is 7.48. The van der Waals surface area contributed by atoms with Crippen molar-refractivity contribution in [2.24, 2.45) is 5.73 Å². The van der Waals surface area contributed by atoms with Gasteiger partial charge in [0.15, 0.2) is 11.8 Å². The van der Waals surface area contributed by atoms with Crippen LogP contribution in [0.4, 0.5) is 0 Å². The highest BCUT2D eigenvalue weighted by Crippen LogP contribution is 2.25. The topological polar surface area (TPSA) is 96.4 Å².